The van der Waals surface area contributed by atoms with Gasteiger partial charge in [-0.2, -0.15) is 5.26 Å². The molecule has 0 amide bonds. The summed E-state index contributed by atoms with van der Waals surface area (Å²) >= 11 is 5.19. The van der Waals surface area contributed by atoms with Crippen LogP contribution in [0.1, 0.15) is 55.7 Å². The Morgan fingerprint density at radius 2 is 2.13 bits per heavy atom. The summed E-state index contributed by atoms with van der Waals surface area (Å²) in [6.07, 6.45) is 10.2. The lowest BCUT2D eigenvalue weighted by atomic mass is 9.72. The Labute approximate surface area is 197 Å². The van der Waals surface area contributed by atoms with Crippen molar-refractivity contribution in [2.75, 3.05) is 13.2 Å². The van der Waals surface area contributed by atoms with Crippen molar-refractivity contribution < 1.29 is 9.47 Å². The highest BCUT2D eigenvalue weighted by Gasteiger charge is 2.32. The molecule has 0 radical (unpaired) electrons. The summed E-state index contributed by atoms with van der Waals surface area (Å²) in [6.45, 7) is 9.47. The molecule has 3 rings (SSSR count). The molecule has 1 aliphatic rings. The largest absolute Gasteiger partial charge is 0.490 e. The summed E-state index contributed by atoms with van der Waals surface area (Å²) in [5.74, 6) is 4.28. The number of nitriles is 1. The van der Waals surface area contributed by atoms with Gasteiger partial charge < -0.3 is 9.47 Å². The van der Waals surface area contributed by atoms with Gasteiger partial charge in [0.2, 0.25) is 0 Å². The Hall–Kier alpha value is -2.28. The average Bonchev–Trinajstić information content (AvgIpc) is 3.08. The van der Waals surface area contributed by atoms with E-state index < -0.39 is 0 Å². The number of benzene rings is 1. The van der Waals surface area contributed by atoms with Crippen LogP contribution in [0.2, 0.25) is 0 Å². The van der Waals surface area contributed by atoms with E-state index in [1.807, 2.05) is 19.1 Å². The average molecular weight is 499 g/mol. The van der Waals surface area contributed by atoms with Crippen molar-refractivity contribution in [3.63, 3.8) is 0 Å². The number of terminal acetylenes is 1. The molecule has 1 aromatic heterocycles. The summed E-state index contributed by atoms with van der Waals surface area (Å²) in [6, 6.07) is 6.18. The van der Waals surface area contributed by atoms with Crippen molar-refractivity contribution in [1.82, 2.24) is 0 Å². The predicted octanol–water partition coefficient (Wildman–Crippen LogP) is 6.69. The van der Waals surface area contributed by atoms with E-state index >= 15 is 0 Å². The molecule has 0 N–H and O–H groups in total. The minimum absolute atomic E-state index is 0.161. The number of halogens is 1. The lowest BCUT2D eigenvalue weighted by Gasteiger charge is -2.33. The Morgan fingerprint density at radius 1 is 1.35 bits per heavy atom. The highest BCUT2D eigenvalue weighted by molar-refractivity contribution is 9.10. The minimum Gasteiger partial charge on any atom is -0.490 e. The topological polar surface area (TPSA) is 54.6 Å². The summed E-state index contributed by atoms with van der Waals surface area (Å²) in [7, 11) is 0. The van der Waals surface area contributed by atoms with Crippen LogP contribution in [-0.4, -0.2) is 19.4 Å². The highest BCUT2D eigenvalue weighted by atomic mass is 79.9. The van der Waals surface area contributed by atoms with E-state index in [-0.39, 0.29) is 12.0 Å². The van der Waals surface area contributed by atoms with E-state index in [0.29, 0.717) is 24.0 Å². The fraction of sp³-hybridized carbons (Fsp3) is 0.440. The van der Waals surface area contributed by atoms with Crippen LogP contribution in [-0.2, 0) is 12.8 Å². The van der Waals surface area contributed by atoms with Crippen LogP contribution < -0.4 is 9.47 Å². The quantitative estimate of drug-likeness (QED) is 0.329. The van der Waals surface area contributed by atoms with Crippen LogP contribution in [0, 0.1) is 35.0 Å². The third-order valence-electron chi connectivity index (χ3n) is 5.55. The Kier molecular flexibility index (Phi) is 7.46. The molecule has 0 saturated carbocycles. The lowest BCUT2D eigenvalue weighted by Crippen LogP contribution is -2.26. The van der Waals surface area contributed by atoms with Crippen LogP contribution in [0.4, 0.5) is 5.00 Å². The third-order valence-corrected chi connectivity index (χ3v) is 7.30. The molecular formula is C25H27BrN2O2S. The molecule has 0 aliphatic heterocycles. The van der Waals surface area contributed by atoms with E-state index in [1.54, 1.807) is 17.6 Å². The molecule has 6 heteroatoms. The first-order valence-electron chi connectivity index (χ1n) is 10.4. The van der Waals surface area contributed by atoms with Gasteiger partial charge >= 0.3 is 0 Å². The van der Waals surface area contributed by atoms with Gasteiger partial charge in [0.05, 0.1) is 16.6 Å². The standard InChI is InChI=1S/C25H27BrN2O2S/c1-6-10-30-23-20(26)11-16(12-21(23)29-7-2)15-28-24-19(14-27)18-9-8-17(25(3,4)5)13-22(18)31-24/h1,11-12,15,17H,7-10,13H2,2-5H3/t17-/m1/s1. The van der Waals surface area contributed by atoms with E-state index in [9.17, 15) is 5.26 Å². The van der Waals surface area contributed by atoms with Crippen LogP contribution in [0.3, 0.4) is 0 Å². The van der Waals surface area contributed by atoms with E-state index in [2.05, 4.69) is 48.7 Å². The van der Waals surface area contributed by atoms with Gasteiger partial charge in [-0.05, 0) is 76.7 Å². The Bertz CT molecular complexity index is 1070. The summed E-state index contributed by atoms with van der Waals surface area (Å²) < 4.78 is 12.1. The van der Waals surface area contributed by atoms with Crippen molar-refractivity contribution in [3.05, 3.63) is 38.2 Å². The fourth-order valence-electron chi connectivity index (χ4n) is 3.83. The summed E-state index contributed by atoms with van der Waals surface area (Å²) in [5.41, 5.74) is 3.03. The molecule has 0 spiro atoms. The van der Waals surface area contributed by atoms with E-state index in [1.165, 1.54) is 10.4 Å². The third kappa shape index (κ3) is 5.32. The number of nitrogens with zero attached hydrogens (tertiary/aromatic N) is 2. The van der Waals surface area contributed by atoms with Crippen molar-refractivity contribution in [1.29, 1.82) is 5.26 Å². The maximum Gasteiger partial charge on any atom is 0.176 e. The van der Waals surface area contributed by atoms with Gasteiger partial charge in [-0.15, -0.1) is 17.8 Å². The number of hydrogen-bond acceptors (Lipinski definition) is 5. The smallest absolute Gasteiger partial charge is 0.176 e. The van der Waals surface area contributed by atoms with Gasteiger partial charge in [0.25, 0.3) is 0 Å². The number of fused-ring (bicyclic) bond motifs is 1. The second-order valence-corrected chi connectivity index (χ2v) is 10.6. The summed E-state index contributed by atoms with van der Waals surface area (Å²) in [4.78, 5) is 6.00. The first kappa shape index (κ1) is 23.4. The first-order valence-corrected chi connectivity index (χ1v) is 12.0. The van der Waals surface area contributed by atoms with Gasteiger partial charge in [0.15, 0.2) is 11.5 Å². The Morgan fingerprint density at radius 3 is 2.77 bits per heavy atom. The number of aliphatic imine (C=N–C) groups is 1. The van der Waals surface area contributed by atoms with Crippen LogP contribution in [0.5, 0.6) is 11.5 Å². The lowest BCUT2D eigenvalue weighted by molar-refractivity contribution is 0.218. The molecular weight excluding hydrogens is 472 g/mol. The fourth-order valence-corrected chi connectivity index (χ4v) is 5.63. The van der Waals surface area contributed by atoms with Gasteiger partial charge in [-0.3, -0.25) is 0 Å². The van der Waals surface area contributed by atoms with Crippen LogP contribution in [0.25, 0.3) is 0 Å². The van der Waals surface area contributed by atoms with Crippen LogP contribution in [0.15, 0.2) is 21.6 Å². The number of thiophene rings is 1. The molecule has 0 fully saturated rings. The van der Waals surface area contributed by atoms with Gasteiger partial charge in [-0.1, -0.05) is 26.7 Å². The molecule has 1 aromatic carbocycles. The number of ether oxygens (including phenoxy) is 2. The molecule has 162 valence electrons. The monoisotopic (exact) mass is 498 g/mol. The molecule has 0 unspecified atom stereocenters. The summed E-state index contributed by atoms with van der Waals surface area (Å²) in [5, 5.41) is 10.6. The van der Waals surface area contributed by atoms with Crippen molar-refractivity contribution in [2.45, 2.75) is 47.0 Å². The minimum atomic E-state index is 0.161. The second kappa shape index (κ2) is 9.90. The molecule has 0 saturated heterocycles. The molecule has 1 atom stereocenters. The maximum absolute atomic E-state index is 9.79. The first-order chi connectivity index (χ1) is 14.8. The predicted molar refractivity (Wildman–Crippen MR) is 131 cm³/mol. The highest BCUT2D eigenvalue weighted by Crippen LogP contribution is 2.45. The number of rotatable bonds is 6. The van der Waals surface area contributed by atoms with Gasteiger partial charge in [0, 0.05) is 11.1 Å². The second-order valence-electron chi connectivity index (χ2n) is 8.62. The molecule has 31 heavy (non-hydrogen) atoms. The van der Waals surface area contributed by atoms with E-state index in [0.717, 1.165) is 39.9 Å². The zero-order valence-corrected chi connectivity index (χ0v) is 20.8. The van der Waals surface area contributed by atoms with Crippen molar-refractivity contribution >= 4 is 38.5 Å². The van der Waals surface area contributed by atoms with Crippen molar-refractivity contribution in [2.24, 2.45) is 16.3 Å². The SMILES string of the molecule is C#CCOc1c(Br)cc(C=Nc2sc3c(c2C#N)CC[C@@H](C(C)(C)C)C3)cc1OCC. The molecule has 4 nitrogen and oxygen atoms in total. The maximum atomic E-state index is 9.79. The van der Waals surface area contributed by atoms with Gasteiger partial charge in [0.1, 0.15) is 17.7 Å². The zero-order valence-electron chi connectivity index (χ0n) is 18.4. The molecule has 2 aromatic rings. The molecule has 1 aliphatic carbocycles. The van der Waals surface area contributed by atoms with Crippen LogP contribution >= 0.6 is 27.3 Å². The number of hydrogen-bond donors (Lipinski definition) is 0. The van der Waals surface area contributed by atoms with Crippen molar-refractivity contribution in [3.8, 4) is 29.9 Å². The Balaban J connectivity index is 1.91. The molecule has 0 bridgehead atoms. The van der Waals surface area contributed by atoms with Gasteiger partial charge in [-0.25, -0.2) is 4.99 Å². The zero-order chi connectivity index (χ0) is 22.6. The molecule has 1 heterocycles. The van der Waals surface area contributed by atoms with E-state index in [4.69, 9.17) is 20.9 Å². The normalized spacial score (nSPS) is 15.9.